The molecule has 0 aliphatic carbocycles. The molecular formula is C11H15KN2O4S. The van der Waals surface area contributed by atoms with Crippen molar-refractivity contribution in [1.82, 2.24) is 4.98 Å². The molecule has 1 rings (SSSR count). The summed E-state index contributed by atoms with van der Waals surface area (Å²) >= 11 is 1.51. The number of esters is 1. The maximum atomic E-state index is 11.4. The Labute approximate surface area is 158 Å². The summed E-state index contributed by atoms with van der Waals surface area (Å²) in [7, 11) is 1.26. The van der Waals surface area contributed by atoms with Crippen LogP contribution in [0.25, 0.3) is 5.32 Å². The van der Waals surface area contributed by atoms with Gasteiger partial charge >= 0.3 is 57.4 Å². The summed E-state index contributed by atoms with van der Waals surface area (Å²) in [6, 6.07) is -0.742. The molecule has 0 amide bonds. The third-order valence-electron chi connectivity index (χ3n) is 2.25. The second-order valence-electron chi connectivity index (χ2n) is 3.67. The maximum Gasteiger partial charge on any atom is 1.00 e. The largest absolute Gasteiger partial charge is 1.00 e. The molecule has 0 aliphatic heterocycles. The van der Waals surface area contributed by atoms with Crippen LogP contribution in [0.1, 0.15) is 23.5 Å². The monoisotopic (exact) mass is 310 g/mol. The molecule has 100 valence electrons. The van der Waals surface area contributed by atoms with Gasteiger partial charge in [-0.2, -0.15) is 0 Å². The molecular weight excluding hydrogens is 295 g/mol. The molecule has 1 N–H and O–H groups in total. The van der Waals surface area contributed by atoms with Crippen LogP contribution in [-0.4, -0.2) is 35.2 Å². The fourth-order valence-corrected chi connectivity index (χ4v) is 1.97. The minimum absolute atomic E-state index is 0. The van der Waals surface area contributed by atoms with Crippen molar-refractivity contribution in [2.24, 2.45) is 0 Å². The van der Waals surface area contributed by atoms with Crippen molar-refractivity contribution in [2.75, 3.05) is 7.11 Å². The number of aryl methyl sites for hydroxylation is 1. The van der Waals surface area contributed by atoms with Crippen LogP contribution in [0.15, 0.2) is 5.38 Å². The summed E-state index contributed by atoms with van der Waals surface area (Å²) < 4.78 is 4.59. The number of thiazole rings is 1. The first-order chi connectivity index (χ1) is 8.52. The van der Waals surface area contributed by atoms with Crippen LogP contribution >= 0.6 is 11.3 Å². The molecule has 6 nitrogen and oxygen atoms in total. The summed E-state index contributed by atoms with van der Waals surface area (Å²) in [6.07, 6.45) is 0.0322. The number of carboxylic acids is 1. The van der Waals surface area contributed by atoms with Gasteiger partial charge in [0.15, 0.2) is 0 Å². The third-order valence-corrected chi connectivity index (χ3v) is 3.07. The summed E-state index contributed by atoms with van der Waals surface area (Å²) in [5.74, 6) is -1.47. The van der Waals surface area contributed by atoms with Crippen LogP contribution in [0.3, 0.4) is 0 Å². The van der Waals surface area contributed by atoms with E-state index in [2.05, 4.69) is 15.0 Å². The molecule has 1 aromatic heterocycles. The van der Waals surface area contributed by atoms with Gasteiger partial charge in [0.1, 0.15) is 0 Å². The van der Waals surface area contributed by atoms with E-state index in [1.165, 1.54) is 18.4 Å². The minimum Gasteiger partial charge on any atom is -0.645 e. The van der Waals surface area contributed by atoms with Gasteiger partial charge in [0, 0.05) is 17.5 Å². The number of carboxylic acid groups (broad SMARTS) is 1. The average Bonchev–Trinajstić information content (AvgIpc) is 2.74. The summed E-state index contributed by atoms with van der Waals surface area (Å²) in [6.45, 7) is 2.18. The van der Waals surface area contributed by atoms with Gasteiger partial charge in [0.25, 0.3) is 5.97 Å². The number of hydrogen-bond donors (Lipinski definition) is 1. The number of aliphatic carboxylic acids is 1. The van der Waals surface area contributed by atoms with Crippen LogP contribution in [0.2, 0.25) is 0 Å². The van der Waals surface area contributed by atoms with E-state index in [0.29, 0.717) is 6.54 Å². The first-order valence-corrected chi connectivity index (χ1v) is 6.28. The van der Waals surface area contributed by atoms with Crippen molar-refractivity contribution in [3.05, 3.63) is 21.4 Å². The molecule has 0 saturated carbocycles. The van der Waals surface area contributed by atoms with Gasteiger partial charge in [0.05, 0.1) is 12.1 Å². The Bertz CT molecular complexity index is 425. The van der Waals surface area contributed by atoms with E-state index >= 15 is 0 Å². The molecule has 1 aromatic rings. The molecule has 0 aromatic carbocycles. The topological polar surface area (TPSA) is 90.6 Å². The predicted molar refractivity (Wildman–Crippen MR) is 66.6 cm³/mol. The summed E-state index contributed by atoms with van der Waals surface area (Å²) in [5, 5.41) is 15.6. The second kappa shape index (κ2) is 9.97. The molecule has 1 unspecified atom stereocenters. The smallest absolute Gasteiger partial charge is 0.645 e. The molecule has 0 fully saturated rings. The molecule has 1 heterocycles. The van der Waals surface area contributed by atoms with Crippen molar-refractivity contribution in [3.8, 4) is 0 Å². The van der Waals surface area contributed by atoms with Gasteiger partial charge in [-0.25, -0.2) is 4.98 Å². The van der Waals surface area contributed by atoms with Crippen LogP contribution in [0.5, 0.6) is 0 Å². The molecule has 0 aliphatic rings. The van der Waals surface area contributed by atoms with Gasteiger partial charge in [-0.1, -0.05) is 0 Å². The number of carbonyl (C=O) groups is 2. The van der Waals surface area contributed by atoms with Crippen LogP contribution in [-0.2, 0) is 20.9 Å². The number of aromatic nitrogens is 1. The number of rotatable bonds is 7. The van der Waals surface area contributed by atoms with Crippen molar-refractivity contribution in [1.29, 1.82) is 0 Å². The fraction of sp³-hybridized carbons (Fsp3) is 0.545. The van der Waals surface area contributed by atoms with Crippen LogP contribution in [0, 0.1) is 6.92 Å². The molecule has 0 saturated heterocycles. The van der Waals surface area contributed by atoms with E-state index in [1.807, 2.05) is 12.3 Å². The zero-order valence-corrected chi connectivity index (χ0v) is 15.2. The molecule has 0 radical (unpaired) electrons. The van der Waals surface area contributed by atoms with Gasteiger partial charge in [-0.15, -0.1) is 17.9 Å². The van der Waals surface area contributed by atoms with Gasteiger partial charge in [0.2, 0.25) is 0 Å². The molecule has 8 heteroatoms. The quantitative estimate of drug-likeness (QED) is 0.501. The Morgan fingerprint density at radius 1 is 1.58 bits per heavy atom. The molecule has 19 heavy (non-hydrogen) atoms. The SMILES string of the molecule is COC(=O)C(CCC(=O)O)[N-]Cc1csc(C)n1.[K+]. The van der Waals surface area contributed by atoms with E-state index in [9.17, 15) is 9.59 Å². The average molecular weight is 310 g/mol. The van der Waals surface area contributed by atoms with Gasteiger partial charge in [-0.05, 0) is 19.4 Å². The molecule has 0 spiro atoms. The Morgan fingerprint density at radius 2 is 2.26 bits per heavy atom. The first kappa shape index (κ1) is 19.2. The first-order valence-electron chi connectivity index (χ1n) is 5.40. The summed E-state index contributed by atoms with van der Waals surface area (Å²) in [5.41, 5.74) is 0.779. The van der Waals surface area contributed by atoms with Crippen molar-refractivity contribution in [2.45, 2.75) is 32.4 Å². The van der Waals surface area contributed by atoms with Gasteiger partial charge in [-0.3, -0.25) is 9.59 Å². The van der Waals surface area contributed by atoms with Crippen molar-refractivity contribution in [3.63, 3.8) is 0 Å². The van der Waals surface area contributed by atoms with Crippen molar-refractivity contribution < 1.29 is 70.8 Å². The standard InChI is InChI=1S/C11H15N2O4S.K/c1-7-13-8(6-18-7)5-12-9(11(16)17-2)3-4-10(14)15;/h6,9H,3-5H2,1-2H3,(H,14,15);/q-1;+1. The zero-order valence-electron chi connectivity index (χ0n) is 11.3. The van der Waals surface area contributed by atoms with E-state index in [1.54, 1.807) is 0 Å². The zero-order chi connectivity index (χ0) is 13.5. The number of hydrogen-bond acceptors (Lipinski definition) is 5. The van der Waals surface area contributed by atoms with Crippen LogP contribution in [0.4, 0.5) is 0 Å². The number of carbonyl (C=O) groups excluding carboxylic acids is 1. The minimum atomic E-state index is -0.955. The van der Waals surface area contributed by atoms with E-state index < -0.39 is 18.0 Å². The van der Waals surface area contributed by atoms with E-state index in [-0.39, 0.29) is 64.2 Å². The Hall–Kier alpha value is 0.166. The fourth-order valence-electron chi connectivity index (χ4n) is 1.36. The number of methoxy groups -OCH3 is 1. The van der Waals surface area contributed by atoms with Gasteiger partial charge < -0.3 is 15.2 Å². The number of nitrogens with zero attached hydrogens (tertiary/aromatic N) is 2. The second-order valence-corrected chi connectivity index (χ2v) is 4.73. The Balaban J connectivity index is 0.00000324. The normalized spacial score (nSPS) is 11.5. The summed E-state index contributed by atoms with van der Waals surface area (Å²) in [4.78, 5) is 26.1. The maximum absolute atomic E-state index is 11.4. The third kappa shape index (κ3) is 7.50. The van der Waals surface area contributed by atoms with E-state index in [0.717, 1.165) is 10.7 Å². The van der Waals surface area contributed by atoms with E-state index in [4.69, 9.17) is 5.11 Å². The Morgan fingerprint density at radius 3 is 2.74 bits per heavy atom. The molecule has 1 atom stereocenters. The predicted octanol–water partition coefficient (Wildman–Crippen LogP) is -1.26. The van der Waals surface area contributed by atoms with Crippen molar-refractivity contribution >= 4 is 23.3 Å². The molecule has 0 bridgehead atoms. The Kier molecular flexibility index (Phi) is 10.1. The number of ether oxygens (including phenoxy) is 1. The van der Waals surface area contributed by atoms with Crippen LogP contribution < -0.4 is 51.4 Å².